The smallest absolute Gasteiger partial charge is 0.385 e. The van der Waals surface area contributed by atoms with Crippen LogP contribution in [-0.2, 0) is 12.7 Å². The van der Waals surface area contributed by atoms with Crippen LogP contribution in [0.15, 0.2) is 18.5 Å². The molecule has 2 heterocycles. The number of nitrogens with zero attached hydrogens (tertiary/aromatic N) is 3. The Morgan fingerprint density at radius 3 is 2.59 bits per heavy atom. The summed E-state index contributed by atoms with van der Waals surface area (Å²) in [5, 5.41) is 10.0. The van der Waals surface area contributed by atoms with Crippen LogP contribution >= 0.6 is 0 Å². The highest BCUT2D eigenvalue weighted by Gasteiger charge is 2.55. The van der Waals surface area contributed by atoms with Gasteiger partial charge in [0.2, 0.25) is 0 Å². The van der Waals surface area contributed by atoms with Crippen LogP contribution in [0.5, 0.6) is 0 Å². The van der Waals surface area contributed by atoms with E-state index in [9.17, 15) is 18.3 Å². The minimum atomic E-state index is -4.58. The molecule has 0 saturated heterocycles. The molecule has 5 rings (SSSR count). The zero-order chi connectivity index (χ0) is 20.8. The predicted octanol–water partition coefficient (Wildman–Crippen LogP) is 4.96. The number of anilines is 1. The van der Waals surface area contributed by atoms with Crippen molar-refractivity contribution in [1.82, 2.24) is 14.5 Å². The largest absolute Gasteiger partial charge is 0.419 e. The molecule has 0 radical (unpaired) electrons. The maximum Gasteiger partial charge on any atom is 0.419 e. The lowest BCUT2D eigenvalue weighted by molar-refractivity contribution is -0.137. The molecule has 3 aliphatic carbocycles. The zero-order valence-electron chi connectivity index (χ0n) is 16.5. The summed E-state index contributed by atoms with van der Waals surface area (Å²) >= 11 is 0. The van der Waals surface area contributed by atoms with Gasteiger partial charge < -0.3 is 15.4 Å². The molecule has 0 spiro atoms. The van der Waals surface area contributed by atoms with Crippen molar-refractivity contribution >= 4 is 5.82 Å². The number of pyridine rings is 1. The van der Waals surface area contributed by atoms with Crippen LogP contribution < -0.4 is 5.73 Å². The average molecular weight is 408 g/mol. The first-order chi connectivity index (χ1) is 13.7. The first-order valence-corrected chi connectivity index (χ1v) is 10.3. The fraction of sp³-hybridized carbons (Fsp3) is 0.619. The topological polar surface area (TPSA) is 77.0 Å². The van der Waals surface area contributed by atoms with E-state index in [0.29, 0.717) is 23.5 Å². The zero-order valence-corrected chi connectivity index (χ0v) is 16.5. The van der Waals surface area contributed by atoms with Crippen molar-refractivity contribution in [3.8, 4) is 11.3 Å². The number of imidazole rings is 1. The van der Waals surface area contributed by atoms with E-state index in [1.807, 2.05) is 4.57 Å². The second kappa shape index (κ2) is 7.31. The third-order valence-electron chi connectivity index (χ3n) is 6.47. The average Bonchev–Trinajstić information content (AvgIpc) is 2.99. The van der Waals surface area contributed by atoms with Crippen LogP contribution in [-0.4, -0.2) is 19.6 Å². The van der Waals surface area contributed by atoms with Gasteiger partial charge in [0.1, 0.15) is 17.7 Å². The quantitative estimate of drug-likeness (QED) is 0.605. The molecule has 3 N–H and O–H groups in total. The van der Waals surface area contributed by atoms with Crippen molar-refractivity contribution in [3.63, 3.8) is 0 Å². The minimum Gasteiger partial charge on any atom is -0.385 e. The Morgan fingerprint density at radius 1 is 1.28 bits per heavy atom. The van der Waals surface area contributed by atoms with Gasteiger partial charge in [-0.25, -0.2) is 9.97 Å². The van der Waals surface area contributed by atoms with Gasteiger partial charge in [-0.1, -0.05) is 12.8 Å². The maximum atomic E-state index is 13.1. The highest BCUT2D eigenvalue weighted by Crippen LogP contribution is 2.66. The van der Waals surface area contributed by atoms with Crippen LogP contribution in [0.3, 0.4) is 0 Å². The van der Waals surface area contributed by atoms with E-state index >= 15 is 0 Å². The number of rotatable bonds is 8. The molecule has 8 heteroatoms. The first-order valence-electron chi connectivity index (χ1n) is 10.3. The van der Waals surface area contributed by atoms with Crippen molar-refractivity contribution in [2.45, 2.75) is 70.7 Å². The second-order valence-electron chi connectivity index (χ2n) is 8.80. The first kappa shape index (κ1) is 20.2. The Kier molecular flexibility index (Phi) is 5.09. The summed E-state index contributed by atoms with van der Waals surface area (Å²) in [4.78, 5) is 8.04. The summed E-state index contributed by atoms with van der Waals surface area (Å²) in [6, 6.07) is 0.963. The van der Waals surface area contributed by atoms with Gasteiger partial charge in [-0.2, -0.15) is 13.2 Å². The lowest BCUT2D eigenvalue weighted by atomic mass is 9.43. The number of aliphatic hydroxyl groups is 1. The molecule has 2 aromatic heterocycles. The summed E-state index contributed by atoms with van der Waals surface area (Å²) in [7, 11) is 0. The highest BCUT2D eigenvalue weighted by atomic mass is 19.4. The van der Waals surface area contributed by atoms with Gasteiger partial charge >= 0.3 is 6.18 Å². The number of aromatic nitrogens is 3. The molecule has 29 heavy (non-hydrogen) atoms. The van der Waals surface area contributed by atoms with Crippen molar-refractivity contribution < 1.29 is 18.3 Å². The lowest BCUT2D eigenvalue weighted by Crippen LogP contribution is -2.51. The number of hydrogen-bond acceptors (Lipinski definition) is 4. The molecule has 0 unspecified atom stereocenters. The van der Waals surface area contributed by atoms with Crippen LogP contribution in [0.1, 0.15) is 69.4 Å². The Labute approximate surface area is 168 Å². The van der Waals surface area contributed by atoms with Crippen LogP contribution in [0.25, 0.3) is 11.3 Å². The number of nitrogen functional groups attached to an aromatic ring is 1. The van der Waals surface area contributed by atoms with E-state index in [2.05, 4.69) is 9.97 Å². The molecule has 2 aromatic rings. The number of unbranched alkanes of at least 4 members (excludes halogenated alkanes) is 2. The predicted molar refractivity (Wildman–Crippen MR) is 104 cm³/mol. The summed E-state index contributed by atoms with van der Waals surface area (Å²) < 4.78 is 41.2. The van der Waals surface area contributed by atoms with Crippen molar-refractivity contribution in [3.05, 3.63) is 29.8 Å². The maximum absolute atomic E-state index is 13.1. The van der Waals surface area contributed by atoms with E-state index in [4.69, 9.17) is 5.73 Å². The van der Waals surface area contributed by atoms with E-state index in [1.54, 1.807) is 13.1 Å². The molecule has 3 aliphatic rings. The van der Waals surface area contributed by atoms with E-state index in [-0.39, 0.29) is 5.56 Å². The molecule has 3 saturated carbocycles. The van der Waals surface area contributed by atoms with E-state index < -0.39 is 23.7 Å². The molecular weight excluding hydrogens is 381 g/mol. The molecular formula is C21H27F3N4O. The molecule has 2 bridgehead atoms. The van der Waals surface area contributed by atoms with Gasteiger partial charge in [0, 0.05) is 24.5 Å². The molecule has 3 fully saturated rings. The minimum absolute atomic E-state index is 0.232. The standard InChI is InChI=1S/C21H27F3N4O/c1-13(29)19-27-17(15-7-16(21(22,23)24)18(25)26-11-15)12-28(19)6-4-2-3-5-20-8-14(9-20)10-20/h7,11-14,29H,2-6,8-10H2,1H3,(H2,25,26)/t13-,14?,20?/m0/s1. The number of nitrogens with two attached hydrogens (primary N) is 1. The van der Waals surface area contributed by atoms with Gasteiger partial charge in [0.15, 0.2) is 0 Å². The third kappa shape index (κ3) is 3.99. The second-order valence-corrected chi connectivity index (χ2v) is 8.80. The Hall–Kier alpha value is -2.09. The molecule has 0 aliphatic heterocycles. The van der Waals surface area contributed by atoms with E-state index in [1.165, 1.54) is 38.3 Å². The number of hydrogen-bond donors (Lipinski definition) is 2. The lowest BCUT2D eigenvalue weighted by Gasteiger charge is -2.62. The normalized spacial score (nSPS) is 24.1. The van der Waals surface area contributed by atoms with Crippen molar-refractivity contribution in [1.29, 1.82) is 0 Å². The summed E-state index contributed by atoms with van der Waals surface area (Å²) in [6.45, 7) is 2.28. The van der Waals surface area contributed by atoms with Gasteiger partial charge in [-0.15, -0.1) is 0 Å². The Morgan fingerprint density at radius 2 is 2.00 bits per heavy atom. The third-order valence-corrected chi connectivity index (χ3v) is 6.47. The summed E-state index contributed by atoms with van der Waals surface area (Å²) in [6.07, 6.45) is 6.39. The fourth-order valence-corrected chi connectivity index (χ4v) is 4.85. The Balaban J connectivity index is 1.43. The van der Waals surface area contributed by atoms with Gasteiger partial charge in [0.05, 0.1) is 11.3 Å². The summed E-state index contributed by atoms with van der Waals surface area (Å²) in [5.74, 6) is 0.901. The fourth-order valence-electron chi connectivity index (χ4n) is 4.85. The van der Waals surface area contributed by atoms with Gasteiger partial charge in [-0.05, 0) is 56.4 Å². The molecule has 1 atom stereocenters. The SMILES string of the molecule is C[C@H](O)c1nc(-c2cnc(N)c(C(F)(F)F)c2)cn1CCCCCC12CC(C1)C2. The molecule has 0 amide bonds. The van der Waals surface area contributed by atoms with Crippen molar-refractivity contribution in [2.24, 2.45) is 11.3 Å². The monoisotopic (exact) mass is 408 g/mol. The number of aliphatic hydroxyl groups excluding tert-OH is 1. The Bertz CT molecular complexity index is 874. The summed E-state index contributed by atoms with van der Waals surface area (Å²) in [5.41, 5.74) is 5.66. The van der Waals surface area contributed by atoms with Gasteiger partial charge in [-0.3, -0.25) is 0 Å². The highest BCUT2D eigenvalue weighted by molar-refractivity contribution is 5.62. The molecule has 158 valence electrons. The number of aryl methyl sites for hydroxylation is 1. The molecule has 5 nitrogen and oxygen atoms in total. The van der Waals surface area contributed by atoms with Crippen LogP contribution in [0.4, 0.5) is 19.0 Å². The van der Waals surface area contributed by atoms with Crippen LogP contribution in [0.2, 0.25) is 0 Å². The van der Waals surface area contributed by atoms with Gasteiger partial charge in [0.25, 0.3) is 0 Å². The van der Waals surface area contributed by atoms with Crippen molar-refractivity contribution in [2.75, 3.05) is 5.73 Å². The number of halogens is 3. The van der Waals surface area contributed by atoms with Crippen LogP contribution in [0, 0.1) is 11.3 Å². The van der Waals surface area contributed by atoms with E-state index in [0.717, 1.165) is 24.8 Å². The molecule has 0 aromatic carbocycles. The number of alkyl halides is 3.